The third kappa shape index (κ3) is 2.29. The van der Waals surface area contributed by atoms with Crippen molar-refractivity contribution in [1.82, 2.24) is 0 Å². The van der Waals surface area contributed by atoms with E-state index >= 15 is 0 Å². The predicted octanol–water partition coefficient (Wildman–Crippen LogP) is 3.47. The van der Waals surface area contributed by atoms with Crippen molar-refractivity contribution < 1.29 is 9.53 Å². The summed E-state index contributed by atoms with van der Waals surface area (Å²) in [5.74, 6) is 0.0254. The van der Waals surface area contributed by atoms with Gasteiger partial charge in [-0.25, -0.2) is 0 Å². The minimum Gasteiger partial charge on any atom is -0.366 e. The van der Waals surface area contributed by atoms with Gasteiger partial charge >= 0.3 is 0 Å². The first kappa shape index (κ1) is 12.8. The lowest BCUT2D eigenvalue weighted by molar-refractivity contribution is 0.0279. The molecule has 1 atom stereocenters. The molecule has 2 rings (SSSR count). The van der Waals surface area contributed by atoms with Gasteiger partial charge in [0.15, 0.2) is 11.4 Å². The Kier molecular flexibility index (Phi) is 3.48. The summed E-state index contributed by atoms with van der Waals surface area (Å²) in [5, 5.41) is 0. The van der Waals surface area contributed by atoms with E-state index in [1.165, 1.54) is 0 Å². The number of aryl methyl sites for hydroxylation is 1. The van der Waals surface area contributed by atoms with Crippen LogP contribution >= 0.6 is 0 Å². The number of Topliss-reactive ketones (excluding diaryl/α,β-unsaturated/α-hetero) is 1. The van der Waals surface area contributed by atoms with Crippen molar-refractivity contribution in [2.24, 2.45) is 0 Å². The van der Waals surface area contributed by atoms with E-state index in [1.807, 2.05) is 56.3 Å². The summed E-state index contributed by atoms with van der Waals surface area (Å²) in [5.41, 5.74) is 2.10. The summed E-state index contributed by atoms with van der Waals surface area (Å²) >= 11 is 0. The Bertz CT molecular complexity index is 526. The molecule has 0 aliphatic heterocycles. The van der Waals surface area contributed by atoms with Crippen LogP contribution in [0.15, 0.2) is 48.1 Å². The normalized spacial score (nSPS) is 22.7. The first-order chi connectivity index (χ1) is 8.57. The summed E-state index contributed by atoms with van der Waals surface area (Å²) in [4.78, 5) is 12.6. The van der Waals surface area contributed by atoms with Gasteiger partial charge in [-0.2, -0.15) is 0 Å². The van der Waals surface area contributed by atoms with Crippen LogP contribution in [0.4, 0.5) is 0 Å². The fourth-order valence-corrected chi connectivity index (χ4v) is 2.32. The van der Waals surface area contributed by atoms with Crippen molar-refractivity contribution in [3.8, 4) is 0 Å². The molecule has 1 aliphatic rings. The maximum Gasteiger partial charge on any atom is 0.198 e. The fraction of sp³-hybridized carbons (Fsp3) is 0.312. The number of carbonyl (C=O) groups is 1. The highest BCUT2D eigenvalue weighted by atomic mass is 16.5. The van der Waals surface area contributed by atoms with Crippen LogP contribution in [0, 0.1) is 6.92 Å². The highest BCUT2D eigenvalue weighted by Crippen LogP contribution is 2.30. The van der Waals surface area contributed by atoms with Crippen molar-refractivity contribution >= 4 is 5.78 Å². The lowest BCUT2D eigenvalue weighted by Crippen LogP contribution is -2.40. The van der Waals surface area contributed by atoms with Gasteiger partial charge in [-0.1, -0.05) is 41.5 Å². The molecule has 94 valence electrons. The summed E-state index contributed by atoms with van der Waals surface area (Å²) < 4.78 is 5.53. The van der Waals surface area contributed by atoms with Crippen molar-refractivity contribution in [2.75, 3.05) is 7.11 Å². The van der Waals surface area contributed by atoms with Crippen LogP contribution in [0.2, 0.25) is 0 Å². The van der Waals surface area contributed by atoms with Crippen LogP contribution in [0.1, 0.15) is 29.3 Å². The lowest BCUT2D eigenvalue weighted by atomic mass is 9.83. The molecule has 0 spiro atoms. The van der Waals surface area contributed by atoms with Crippen molar-refractivity contribution in [3.05, 3.63) is 59.2 Å². The molecule has 0 fully saturated rings. The SMILES string of the molecule is COC1(C(=O)c2cccc(C)c2)C=CC=C(C)C1. The molecule has 2 heteroatoms. The quantitative estimate of drug-likeness (QED) is 0.759. The van der Waals surface area contributed by atoms with Gasteiger partial charge in [0.1, 0.15) is 0 Å². The third-order valence-corrected chi connectivity index (χ3v) is 3.32. The highest BCUT2D eigenvalue weighted by molar-refractivity contribution is 6.04. The van der Waals surface area contributed by atoms with Crippen molar-refractivity contribution in [1.29, 1.82) is 0 Å². The number of carbonyl (C=O) groups excluding carboxylic acids is 1. The second kappa shape index (κ2) is 4.91. The number of benzene rings is 1. The zero-order chi connectivity index (χ0) is 13.2. The number of allylic oxidation sites excluding steroid dienone is 2. The second-order valence-electron chi connectivity index (χ2n) is 4.84. The van der Waals surface area contributed by atoms with Gasteiger partial charge in [0, 0.05) is 19.1 Å². The van der Waals surface area contributed by atoms with E-state index < -0.39 is 5.60 Å². The number of hydrogen-bond donors (Lipinski definition) is 0. The van der Waals surface area contributed by atoms with E-state index in [2.05, 4.69) is 0 Å². The minimum atomic E-state index is -0.841. The number of hydrogen-bond acceptors (Lipinski definition) is 2. The molecule has 0 bridgehead atoms. The molecule has 0 radical (unpaired) electrons. The van der Waals surface area contributed by atoms with E-state index in [0.717, 1.165) is 11.1 Å². The predicted molar refractivity (Wildman–Crippen MR) is 72.8 cm³/mol. The Labute approximate surface area is 108 Å². The summed E-state index contributed by atoms with van der Waals surface area (Å²) in [6.45, 7) is 4.00. The standard InChI is InChI=1S/C16H18O2/c1-12-6-4-8-14(10-12)15(17)16(18-3)9-5-7-13(2)11-16/h4-10H,11H2,1-3H3. The average Bonchev–Trinajstić information content (AvgIpc) is 2.37. The smallest absolute Gasteiger partial charge is 0.198 e. The van der Waals surface area contributed by atoms with Gasteiger partial charge in [-0.3, -0.25) is 4.79 Å². The Hall–Kier alpha value is -1.67. The van der Waals surface area contributed by atoms with Gasteiger partial charge in [0.25, 0.3) is 0 Å². The van der Waals surface area contributed by atoms with Crippen molar-refractivity contribution in [3.63, 3.8) is 0 Å². The molecule has 0 N–H and O–H groups in total. The molecule has 18 heavy (non-hydrogen) atoms. The van der Waals surface area contributed by atoms with Crippen LogP contribution < -0.4 is 0 Å². The summed E-state index contributed by atoms with van der Waals surface area (Å²) in [7, 11) is 1.59. The van der Waals surface area contributed by atoms with Gasteiger partial charge < -0.3 is 4.74 Å². The topological polar surface area (TPSA) is 26.3 Å². The Morgan fingerprint density at radius 3 is 2.72 bits per heavy atom. The molecule has 0 amide bonds. The average molecular weight is 242 g/mol. The van der Waals surface area contributed by atoms with Crippen LogP contribution in [0.3, 0.4) is 0 Å². The monoisotopic (exact) mass is 242 g/mol. The van der Waals surface area contributed by atoms with Gasteiger partial charge in [-0.05, 0) is 26.0 Å². The van der Waals surface area contributed by atoms with Crippen LogP contribution in [0.25, 0.3) is 0 Å². The van der Waals surface area contributed by atoms with Crippen LogP contribution in [-0.4, -0.2) is 18.5 Å². The molecule has 1 aromatic rings. The van der Waals surface area contributed by atoms with E-state index in [9.17, 15) is 4.79 Å². The molecule has 0 saturated heterocycles. The summed E-state index contributed by atoms with van der Waals surface area (Å²) in [6, 6.07) is 7.64. The minimum absolute atomic E-state index is 0.0254. The number of rotatable bonds is 3. The van der Waals surface area contributed by atoms with Crippen molar-refractivity contribution in [2.45, 2.75) is 25.9 Å². The largest absolute Gasteiger partial charge is 0.366 e. The molecule has 0 heterocycles. The third-order valence-electron chi connectivity index (χ3n) is 3.32. The van der Waals surface area contributed by atoms with Crippen LogP contribution in [0.5, 0.6) is 0 Å². The molecule has 1 aliphatic carbocycles. The summed E-state index contributed by atoms with van der Waals surface area (Å²) in [6.07, 6.45) is 6.38. The molecule has 1 unspecified atom stereocenters. The van der Waals surface area contributed by atoms with Gasteiger partial charge in [-0.15, -0.1) is 0 Å². The van der Waals surface area contributed by atoms with Crippen LogP contribution in [-0.2, 0) is 4.74 Å². The molecule has 0 saturated carbocycles. The second-order valence-corrected chi connectivity index (χ2v) is 4.84. The highest BCUT2D eigenvalue weighted by Gasteiger charge is 2.37. The van der Waals surface area contributed by atoms with Gasteiger partial charge in [0.2, 0.25) is 0 Å². The van der Waals surface area contributed by atoms with E-state index in [4.69, 9.17) is 4.74 Å². The Morgan fingerprint density at radius 1 is 1.33 bits per heavy atom. The number of ketones is 1. The first-order valence-electron chi connectivity index (χ1n) is 6.09. The molecular weight excluding hydrogens is 224 g/mol. The number of methoxy groups -OCH3 is 1. The molecule has 1 aromatic carbocycles. The van der Waals surface area contributed by atoms with Gasteiger partial charge in [0.05, 0.1) is 0 Å². The molecule has 0 aromatic heterocycles. The Morgan fingerprint density at radius 2 is 2.11 bits per heavy atom. The van der Waals surface area contributed by atoms with E-state index in [0.29, 0.717) is 12.0 Å². The fourth-order valence-electron chi connectivity index (χ4n) is 2.32. The first-order valence-corrected chi connectivity index (χ1v) is 6.09. The maximum absolute atomic E-state index is 12.6. The zero-order valence-electron chi connectivity index (χ0n) is 11.1. The van der Waals surface area contributed by atoms with E-state index in [-0.39, 0.29) is 5.78 Å². The molecular formula is C16H18O2. The van der Waals surface area contributed by atoms with E-state index in [1.54, 1.807) is 7.11 Å². The zero-order valence-corrected chi connectivity index (χ0v) is 11.1. The maximum atomic E-state index is 12.6. The number of ether oxygens (including phenoxy) is 1. The lowest BCUT2D eigenvalue weighted by Gasteiger charge is -2.30. The molecule has 2 nitrogen and oxygen atoms in total. The Balaban J connectivity index is 2.37.